The highest BCUT2D eigenvalue weighted by Crippen LogP contribution is 2.27. The van der Waals surface area contributed by atoms with E-state index in [1.165, 1.54) is 16.6 Å². The molecule has 3 heterocycles. The third kappa shape index (κ3) is 3.32. The Balaban J connectivity index is 1.85. The fraction of sp³-hybridized carbons (Fsp3) is 0.600. The molecule has 0 amide bonds. The second kappa shape index (κ2) is 6.45. The summed E-state index contributed by atoms with van der Waals surface area (Å²) in [5.74, 6) is 0.899. The lowest BCUT2D eigenvalue weighted by atomic mass is 10.2. The number of furan rings is 1. The highest BCUT2D eigenvalue weighted by atomic mass is 32.2. The number of hydrogen-bond acceptors (Lipinski definition) is 6. The van der Waals surface area contributed by atoms with E-state index in [1.807, 2.05) is 13.8 Å². The molecular formula is C15H21N3O4S. The van der Waals surface area contributed by atoms with Gasteiger partial charge in [-0.05, 0) is 12.8 Å². The molecule has 0 bridgehead atoms. The maximum Gasteiger partial charge on any atom is 0.276 e. The maximum absolute atomic E-state index is 12.7. The molecule has 23 heavy (non-hydrogen) atoms. The van der Waals surface area contributed by atoms with Crippen LogP contribution in [0.4, 0.5) is 0 Å². The quantitative estimate of drug-likeness (QED) is 0.850. The van der Waals surface area contributed by atoms with Crippen LogP contribution in [0.1, 0.15) is 51.3 Å². The van der Waals surface area contributed by atoms with E-state index in [9.17, 15) is 8.42 Å². The Kier molecular flexibility index (Phi) is 4.54. The average Bonchev–Trinajstić information content (AvgIpc) is 3.10. The van der Waals surface area contributed by atoms with Crippen LogP contribution in [0.3, 0.4) is 0 Å². The predicted molar refractivity (Wildman–Crippen MR) is 83.3 cm³/mol. The first-order chi connectivity index (χ1) is 11.0. The van der Waals surface area contributed by atoms with E-state index in [4.69, 9.17) is 8.83 Å². The molecule has 126 valence electrons. The normalized spacial score (nSPS) is 17.5. The second-order valence-corrected chi connectivity index (χ2v) is 7.94. The minimum Gasteiger partial charge on any atom is -0.451 e. The van der Waals surface area contributed by atoms with Crippen LogP contribution in [-0.4, -0.2) is 36.0 Å². The van der Waals surface area contributed by atoms with Crippen molar-refractivity contribution in [1.82, 2.24) is 14.5 Å². The van der Waals surface area contributed by atoms with Crippen molar-refractivity contribution in [2.75, 3.05) is 13.1 Å². The van der Waals surface area contributed by atoms with Crippen molar-refractivity contribution in [2.24, 2.45) is 0 Å². The Morgan fingerprint density at radius 2 is 1.83 bits per heavy atom. The van der Waals surface area contributed by atoms with E-state index >= 15 is 0 Å². The number of nitrogens with zero attached hydrogens (tertiary/aromatic N) is 3. The van der Waals surface area contributed by atoms with Crippen LogP contribution in [0, 0.1) is 0 Å². The third-order valence-electron chi connectivity index (χ3n) is 3.92. The molecule has 2 aromatic rings. The molecule has 8 heteroatoms. The van der Waals surface area contributed by atoms with Crippen LogP contribution in [0.25, 0.3) is 11.5 Å². The van der Waals surface area contributed by atoms with Crippen molar-refractivity contribution in [1.29, 1.82) is 0 Å². The van der Waals surface area contributed by atoms with Crippen molar-refractivity contribution in [3.8, 4) is 11.5 Å². The van der Waals surface area contributed by atoms with Crippen LogP contribution >= 0.6 is 0 Å². The van der Waals surface area contributed by atoms with Crippen molar-refractivity contribution >= 4 is 10.0 Å². The first kappa shape index (κ1) is 16.2. The predicted octanol–water partition coefficient (Wildman–Crippen LogP) is 3.02. The van der Waals surface area contributed by atoms with Gasteiger partial charge in [0.1, 0.15) is 6.26 Å². The molecule has 2 aromatic heterocycles. The molecule has 3 rings (SSSR count). The zero-order valence-corrected chi connectivity index (χ0v) is 14.2. The zero-order chi connectivity index (χ0) is 16.4. The Bertz CT molecular complexity index is 755. The lowest BCUT2D eigenvalue weighted by Crippen LogP contribution is -2.31. The highest BCUT2D eigenvalue weighted by Gasteiger charge is 2.29. The standard InChI is InChI=1S/C15H21N3O4S/c1-11(2)14-16-17-15(22-14)12-9-13(21-10-12)23(19,20)18-7-5-3-4-6-8-18/h9-11H,3-8H2,1-2H3. The number of rotatable bonds is 4. The minimum absolute atomic E-state index is 0.0707. The topological polar surface area (TPSA) is 89.4 Å². The Morgan fingerprint density at radius 3 is 2.43 bits per heavy atom. The third-order valence-corrected chi connectivity index (χ3v) is 5.68. The van der Waals surface area contributed by atoms with Gasteiger partial charge in [-0.1, -0.05) is 26.7 Å². The Morgan fingerprint density at radius 1 is 1.13 bits per heavy atom. The number of hydrogen-bond donors (Lipinski definition) is 0. The van der Waals surface area contributed by atoms with Gasteiger partial charge >= 0.3 is 0 Å². The van der Waals surface area contributed by atoms with Gasteiger partial charge in [-0.25, -0.2) is 8.42 Å². The van der Waals surface area contributed by atoms with E-state index in [0.717, 1.165) is 25.7 Å². The largest absolute Gasteiger partial charge is 0.451 e. The molecule has 0 radical (unpaired) electrons. The Labute approximate surface area is 135 Å². The van der Waals surface area contributed by atoms with E-state index in [1.54, 1.807) is 0 Å². The molecule has 0 aromatic carbocycles. The first-order valence-electron chi connectivity index (χ1n) is 7.91. The van der Waals surface area contributed by atoms with Gasteiger partial charge < -0.3 is 8.83 Å². The summed E-state index contributed by atoms with van der Waals surface area (Å²) in [5.41, 5.74) is 0.484. The van der Waals surface area contributed by atoms with Gasteiger partial charge in [-0.15, -0.1) is 10.2 Å². The lowest BCUT2D eigenvalue weighted by molar-refractivity contribution is 0.386. The monoisotopic (exact) mass is 339 g/mol. The molecule has 0 aliphatic carbocycles. The molecule has 7 nitrogen and oxygen atoms in total. The molecule has 1 aliphatic heterocycles. The van der Waals surface area contributed by atoms with Crippen LogP contribution in [0.2, 0.25) is 0 Å². The lowest BCUT2D eigenvalue weighted by Gasteiger charge is -2.17. The van der Waals surface area contributed by atoms with E-state index in [0.29, 0.717) is 24.5 Å². The second-order valence-electron chi connectivity index (χ2n) is 6.07. The number of aromatic nitrogens is 2. The molecular weight excluding hydrogens is 318 g/mol. The molecule has 1 fully saturated rings. The number of sulfonamides is 1. The van der Waals surface area contributed by atoms with E-state index < -0.39 is 10.0 Å². The van der Waals surface area contributed by atoms with Gasteiger partial charge in [0.25, 0.3) is 15.9 Å². The van der Waals surface area contributed by atoms with Gasteiger partial charge in [0.2, 0.25) is 11.0 Å². The molecule has 0 unspecified atom stereocenters. The van der Waals surface area contributed by atoms with Gasteiger partial charge in [0.15, 0.2) is 0 Å². The maximum atomic E-state index is 12.7. The Hall–Kier alpha value is -1.67. The first-order valence-corrected chi connectivity index (χ1v) is 9.35. The van der Waals surface area contributed by atoms with Gasteiger partial charge in [-0.2, -0.15) is 4.31 Å². The van der Waals surface area contributed by atoms with Gasteiger partial charge in [-0.3, -0.25) is 0 Å². The summed E-state index contributed by atoms with van der Waals surface area (Å²) in [4.78, 5) is 0. The minimum atomic E-state index is -3.61. The average molecular weight is 339 g/mol. The summed E-state index contributed by atoms with van der Waals surface area (Å²) in [7, 11) is -3.61. The van der Waals surface area contributed by atoms with Crippen LogP contribution in [0.15, 0.2) is 26.3 Å². The van der Waals surface area contributed by atoms with Crippen molar-refractivity contribution in [2.45, 2.75) is 50.5 Å². The summed E-state index contributed by atoms with van der Waals surface area (Å²) in [6, 6.07) is 1.46. The smallest absolute Gasteiger partial charge is 0.276 e. The highest BCUT2D eigenvalue weighted by molar-refractivity contribution is 7.89. The molecule has 0 spiro atoms. The van der Waals surface area contributed by atoms with Crippen molar-refractivity contribution in [3.05, 3.63) is 18.2 Å². The van der Waals surface area contributed by atoms with E-state index in [-0.39, 0.29) is 16.9 Å². The summed E-state index contributed by atoms with van der Waals surface area (Å²) >= 11 is 0. The fourth-order valence-corrected chi connectivity index (χ4v) is 4.00. The van der Waals surface area contributed by atoms with E-state index in [2.05, 4.69) is 10.2 Å². The molecule has 1 saturated heterocycles. The van der Waals surface area contributed by atoms with Crippen LogP contribution in [-0.2, 0) is 10.0 Å². The van der Waals surface area contributed by atoms with Gasteiger partial charge in [0.05, 0.1) is 5.56 Å². The fourth-order valence-electron chi connectivity index (χ4n) is 2.56. The molecule has 0 atom stereocenters. The molecule has 1 aliphatic rings. The van der Waals surface area contributed by atoms with Crippen molar-refractivity contribution in [3.63, 3.8) is 0 Å². The van der Waals surface area contributed by atoms with Gasteiger partial charge in [0, 0.05) is 25.1 Å². The van der Waals surface area contributed by atoms with Crippen molar-refractivity contribution < 1.29 is 17.3 Å². The van der Waals surface area contributed by atoms with Crippen LogP contribution < -0.4 is 0 Å². The zero-order valence-electron chi connectivity index (χ0n) is 13.4. The summed E-state index contributed by atoms with van der Waals surface area (Å²) in [5, 5.41) is 7.82. The molecule has 0 N–H and O–H groups in total. The summed E-state index contributed by atoms with van der Waals surface area (Å²) < 4.78 is 37.6. The summed E-state index contributed by atoms with van der Waals surface area (Å²) in [6.07, 6.45) is 5.25. The molecule has 0 saturated carbocycles. The van der Waals surface area contributed by atoms with Crippen LogP contribution in [0.5, 0.6) is 0 Å². The SMILES string of the molecule is CC(C)c1nnc(-c2coc(S(=O)(=O)N3CCCCCC3)c2)o1. The summed E-state index contributed by atoms with van der Waals surface area (Å²) in [6.45, 7) is 4.97.